The van der Waals surface area contributed by atoms with Gasteiger partial charge in [0.25, 0.3) is 5.91 Å². The van der Waals surface area contributed by atoms with Gasteiger partial charge in [0.2, 0.25) is 0 Å². The van der Waals surface area contributed by atoms with Gasteiger partial charge in [-0.25, -0.2) is 0 Å². The van der Waals surface area contributed by atoms with Crippen LogP contribution in [-0.4, -0.2) is 41.7 Å². The quantitative estimate of drug-likeness (QED) is 0.898. The van der Waals surface area contributed by atoms with Gasteiger partial charge in [-0.15, -0.1) is 0 Å². The summed E-state index contributed by atoms with van der Waals surface area (Å²) < 4.78 is 5.89. The minimum atomic E-state index is 0.0269. The second-order valence-electron chi connectivity index (χ2n) is 5.92. The van der Waals surface area contributed by atoms with Crippen molar-refractivity contribution in [1.29, 1.82) is 0 Å². The van der Waals surface area contributed by atoms with Crippen molar-refractivity contribution >= 4 is 5.91 Å². The van der Waals surface area contributed by atoms with E-state index in [4.69, 9.17) is 4.74 Å². The fraction of sp³-hybridized carbons (Fsp3) is 0.562. The number of carbonyl (C=O) groups excluding carboxylic acids is 1. The summed E-state index contributed by atoms with van der Waals surface area (Å²) in [5.41, 5.74) is 1.79. The van der Waals surface area contributed by atoms with Crippen molar-refractivity contribution in [3.05, 3.63) is 29.3 Å². The lowest BCUT2D eigenvalue weighted by molar-refractivity contribution is 0.0776. The van der Waals surface area contributed by atoms with Crippen LogP contribution in [0.4, 0.5) is 0 Å². The average Bonchev–Trinajstić information content (AvgIpc) is 3.04. The Hall–Kier alpha value is -1.55. The van der Waals surface area contributed by atoms with Gasteiger partial charge in [0.05, 0.1) is 5.56 Å². The van der Waals surface area contributed by atoms with E-state index in [2.05, 4.69) is 6.92 Å². The van der Waals surface area contributed by atoms with Crippen LogP contribution in [0, 0.1) is 5.92 Å². The van der Waals surface area contributed by atoms with Crippen LogP contribution >= 0.6 is 0 Å². The number of aliphatic hydroxyl groups excluding tert-OH is 1. The molecule has 0 bridgehead atoms. The molecule has 2 aliphatic rings. The van der Waals surface area contributed by atoms with E-state index in [1.165, 1.54) is 0 Å². The lowest BCUT2D eigenvalue weighted by Gasteiger charge is -2.18. The third kappa shape index (κ3) is 2.08. The molecule has 4 nitrogen and oxygen atoms in total. The Labute approximate surface area is 119 Å². The molecule has 2 aliphatic heterocycles. The number of fused-ring (bicyclic) bond motifs is 1. The Kier molecular flexibility index (Phi) is 3.42. The van der Waals surface area contributed by atoms with Gasteiger partial charge in [-0.1, -0.05) is 19.1 Å². The number of likely N-dealkylation sites (tertiary alicyclic amines) is 1. The van der Waals surface area contributed by atoms with Gasteiger partial charge in [-0.2, -0.15) is 0 Å². The first-order chi connectivity index (χ1) is 9.61. The average molecular weight is 275 g/mol. The van der Waals surface area contributed by atoms with Crippen molar-refractivity contribution < 1.29 is 14.6 Å². The van der Waals surface area contributed by atoms with Crippen LogP contribution in [0.25, 0.3) is 0 Å². The van der Waals surface area contributed by atoms with Crippen LogP contribution in [0.15, 0.2) is 18.2 Å². The zero-order valence-corrected chi connectivity index (χ0v) is 12.0. The predicted octanol–water partition coefficient (Wildman–Crippen LogP) is 2.03. The molecular formula is C16H21NO3. The molecule has 1 saturated heterocycles. The number of para-hydroxylation sites is 1. The van der Waals surface area contributed by atoms with Gasteiger partial charge in [0, 0.05) is 37.1 Å². The normalized spacial score (nSPS) is 28.4. The maximum absolute atomic E-state index is 12.6. The number of rotatable bonds is 2. The molecule has 3 rings (SSSR count). The van der Waals surface area contributed by atoms with Crippen molar-refractivity contribution in [2.45, 2.75) is 32.3 Å². The molecule has 0 aliphatic carbocycles. The second kappa shape index (κ2) is 5.09. The first kappa shape index (κ1) is 13.4. The van der Waals surface area contributed by atoms with Crippen LogP contribution < -0.4 is 4.74 Å². The number of ether oxygens (including phenoxy) is 1. The topological polar surface area (TPSA) is 49.8 Å². The molecule has 1 aromatic rings. The largest absolute Gasteiger partial charge is 0.489 e. The van der Waals surface area contributed by atoms with E-state index in [1.54, 1.807) is 0 Å². The number of nitrogens with zero attached hydrogens (tertiary/aromatic N) is 1. The monoisotopic (exact) mass is 275 g/mol. The second-order valence-corrected chi connectivity index (χ2v) is 5.92. The first-order valence-corrected chi connectivity index (χ1v) is 7.31. The smallest absolute Gasteiger partial charge is 0.257 e. The summed E-state index contributed by atoms with van der Waals surface area (Å²) in [6.07, 6.45) is 0.994. The van der Waals surface area contributed by atoms with Gasteiger partial charge in [0.1, 0.15) is 11.9 Å². The van der Waals surface area contributed by atoms with Crippen LogP contribution in [-0.2, 0) is 0 Å². The van der Waals surface area contributed by atoms with E-state index in [-0.39, 0.29) is 24.5 Å². The Balaban J connectivity index is 1.87. The van der Waals surface area contributed by atoms with E-state index in [1.807, 2.05) is 30.0 Å². The zero-order chi connectivity index (χ0) is 14.3. The molecule has 2 heterocycles. The van der Waals surface area contributed by atoms with E-state index < -0.39 is 0 Å². The molecule has 0 radical (unpaired) electrons. The summed E-state index contributed by atoms with van der Waals surface area (Å²) in [4.78, 5) is 14.5. The molecular weight excluding hydrogens is 254 g/mol. The molecule has 0 aromatic heterocycles. The first-order valence-electron chi connectivity index (χ1n) is 7.31. The summed E-state index contributed by atoms with van der Waals surface area (Å²) in [5.74, 6) is 1.32. The third-order valence-corrected chi connectivity index (χ3v) is 4.61. The van der Waals surface area contributed by atoms with Gasteiger partial charge in [-0.05, 0) is 19.4 Å². The van der Waals surface area contributed by atoms with Gasteiger partial charge >= 0.3 is 0 Å². The fourth-order valence-corrected chi connectivity index (χ4v) is 3.09. The minimum absolute atomic E-state index is 0.0269. The summed E-state index contributed by atoms with van der Waals surface area (Å²) in [6, 6.07) is 5.82. The Morgan fingerprint density at radius 3 is 2.95 bits per heavy atom. The van der Waals surface area contributed by atoms with Crippen LogP contribution in [0.1, 0.15) is 42.1 Å². The summed E-state index contributed by atoms with van der Waals surface area (Å²) in [7, 11) is 0. The van der Waals surface area contributed by atoms with Gasteiger partial charge in [-0.3, -0.25) is 4.79 Å². The van der Waals surface area contributed by atoms with Gasteiger partial charge in [0.15, 0.2) is 0 Å². The molecule has 3 unspecified atom stereocenters. The van der Waals surface area contributed by atoms with Crippen LogP contribution in [0.5, 0.6) is 5.75 Å². The highest BCUT2D eigenvalue weighted by atomic mass is 16.5. The molecule has 1 aromatic carbocycles. The number of hydrogen-bond acceptors (Lipinski definition) is 3. The highest BCUT2D eigenvalue weighted by Gasteiger charge is 2.34. The zero-order valence-electron chi connectivity index (χ0n) is 12.0. The number of benzene rings is 1. The number of carbonyl (C=O) groups is 1. The molecule has 0 spiro atoms. The number of hydrogen-bond donors (Lipinski definition) is 1. The summed E-state index contributed by atoms with van der Waals surface area (Å²) >= 11 is 0. The predicted molar refractivity (Wildman–Crippen MR) is 76.0 cm³/mol. The van der Waals surface area contributed by atoms with Crippen molar-refractivity contribution in [2.24, 2.45) is 5.92 Å². The molecule has 4 heteroatoms. The van der Waals surface area contributed by atoms with Crippen molar-refractivity contribution in [1.82, 2.24) is 4.90 Å². The highest BCUT2D eigenvalue weighted by molar-refractivity contribution is 5.97. The lowest BCUT2D eigenvalue weighted by Crippen LogP contribution is -2.29. The third-order valence-electron chi connectivity index (χ3n) is 4.61. The standard InChI is InChI=1S/C16H21NO3/c1-10-11(2)20-15-13(10)4-3-5-14(15)16(19)17-7-6-12(8-17)9-18/h3-5,10-12,18H,6-9H2,1-2H3. The highest BCUT2D eigenvalue weighted by Crippen LogP contribution is 2.40. The Morgan fingerprint density at radius 2 is 2.25 bits per heavy atom. The SMILES string of the molecule is CC1Oc2c(C(=O)N3CCC(CO)C3)cccc2C1C. The number of aliphatic hydroxyl groups is 1. The van der Waals surface area contributed by atoms with Crippen molar-refractivity contribution in [3.63, 3.8) is 0 Å². The molecule has 108 valence electrons. The molecule has 3 atom stereocenters. The van der Waals surface area contributed by atoms with Crippen molar-refractivity contribution in [2.75, 3.05) is 19.7 Å². The molecule has 1 amide bonds. The summed E-state index contributed by atoms with van der Waals surface area (Å²) in [6.45, 7) is 5.68. The van der Waals surface area contributed by atoms with E-state index in [0.717, 1.165) is 24.3 Å². The Bertz CT molecular complexity index is 528. The van der Waals surface area contributed by atoms with Gasteiger partial charge < -0.3 is 14.7 Å². The molecule has 0 saturated carbocycles. The number of amides is 1. The van der Waals surface area contributed by atoms with Crippen LogP contribution in [0.3, 0.4) is 0 Å². The lowest BCUT2D eigenvalue weighted by atomic mass is 9.96. The molecule has 20 heavy (non-hydrogen) atoms. The van der Waals surface area contributed by atoms with Crippen LogP contribution in [0.2, 0.25) is 0 Å². The molecule has 1 N–H and O–H groups in total. The van der Waals surface area contributed by atoms with Crippen molar-refractivity contribution in [3.8, 4) is 5.75 Å². The minimum Gasteiger partial charge on any atom is -0.489 e. The summed E-state index contributed by atoms with van der Waals surface area (Å²) in [5, 5.41) is 9.20. The van der Waals surface area contributed by atoms with E-state index in [9.17, 15) is 9.90 Å². The van der Waals surface area contributed by atoms with E-state index in [0.29, 0.717) is 18.0 Å². The van der Waals surface area contributed by atoms with E-state index >= 15 is 0 Å². The Morgan fingerprint density at radius 1 is 1.45 bits per heavy atom. The molecule has 1 fully saturated rings. The maximum atomic E-state index is 12.6. The fourth-order valence-electron chi connectivity index (χ4n) is 3.09. The maximum Gasteiger partial charge on any atom is 0.257 e.